The van der Waals surface area contributed by atoms with Crippen molar-refractivity contribution >= 4 is 5.97 Å². The van der Waals surface area contributed by atoms with Gasteiger partial charge < -0.3 is 14.6 Å². The first-order chi connectivity index (χ1) is 14.6. The van der Waals surface area contributed by atoms with Gasteiger partial charge in [0.15, 0.2) is 0 Å². The van der Waals surface area contributed by atoms with E-state index in [1.807, 2.05) is 37.4 Å². The van der Waals surface area contributed by atoms with E-state index in [4.69, 9.17) is 14.6 Å². The van der Waals surface area contributed by atoms with Crippen LogP contribution in [0.5, 0.6) is 5.88 Å². The zero-order valence-corrected chi connectivity index (χ0v) is 17.7. The molecule has 0 saturated heterocycles. The largest absolute Gasteiger partial charge is 0.475 e. The third kappa shape index (κ3) is 4.71. The van der Waals surface area contributed by atoms with Gasteiger partial charge in [-0.25, -0.2) is 9.48 Å². The number of rotatable bonds is 9. The number of esters is 1. The molecular formula is C24H28N2O4. The molecule has 3 aromatic rings. The van der Waals surface area contributed by atoms with Crippen molar-refractivity contribution in [2.45, 2.75) is 26.2 Å². The number of aromatic nitrogens is 2. The molecule has 0 aliphatic rings. The van der Waals surface area contributed by atoms with Gasteiger partial charge in [0.2, 0.25) is 5.88 Å². The molecule has 0 bridgehead atoms. The summed E-state index contributed by atoms with van der Waals surface area (Å²) in [4.78, 5) is 12.1. The molecule has 30 heavy (non-hydrogen) atoms. The summed E-state index contributed by atoms with van der Waals surface area (Å²) in [6.45, 7) is 2.32. The first-order valence-electron chi connectivity index (χ1n) is 10.1. The van der Waals surface area contributed by atoms with Gasteiger partial charge in [-0.1, -0.05) is 55.8 Å². The van der Waals surface area contributed by atoms with Crippen molar-refractivity contribution in [2.75, 3.05) is 20.3 Å². The molecule has 3 rings (SSSR count). The highest BCUT2D eigenvalue weighted by Crippen LogP contribution is 2.28. The summed E-state index contributed by atoms with van der Waals surface area (Å²) in [7, 11) is 3.25. The van der Waals surface area contributed by atoms with Crippen molar-refractivity contribution in [3.05, 3.63) is 70.9 Å². The summed E-state index contributed by atoms with van der Waals surface area (Å²) in [5.74, 6) is 0.354. The second kappa shape index (κ2) is 10.1. The van der Waals surface area contributed by atoms with Crippen LogP contribution >= 0.6 is 0 Å². The Kier molecular flexibility index (Phi) is 7.25. The van der Waals surface area contributed by atoms with E-state index in [9.17, 15) is 4.79 Å². The van der Waals surface area contributed by atoms with Gasteiger partial charge in [-0.2, -0.15) is 5.10 Å². The molecule has 1 aromatic heterocycles. The lowest BCUT2D eigenvalue weighted by Gasteiger charge is -2.11. The normalized spacial score (nSPS) is 10.8. The zero-order chi connectivity index (χ0) is 21.5. The van der Waals surface area contributed by atoms with Crippen molar-refractivity contribution in [1.29, 1.82) is 0 Å². The minimum absolute atomic E-state index is 0.0397. The maximum Gasteiger partial charge on any atom is 0.338 e. The van der Waals surface area contributed by atoms with Gasteiger partial charge in [-0.15, -0.1) is 0 Å². The first kappa shape index (κ1) is 21.6. The van der Waals surface area contributed by atoms with E-state index < -0.39 is 0 Å². The molecule has 0 unspecified atom stereocenters. The number of hydrogen-bond donors (Lipinski definition) is 1. The molecule has 6 nitrogen and oxygen atoms in total. The van der Waals surface area contributed by atoms with Gasteiger partial charge in [-0.3, -0.25) is 0 Å². The van der Waals surface area contributed by atoms with Crippen LogP contribution in [0.25, 0.3) is 11.1 Å². The molecule has 0 spiro atoms. The third-order valence-electron chi connectivity index (χ3n) is 4.97. The van der Waals surface area contributed by atoms with Crippen LogP contribution < -0.4 is 4.74 Å². The summed E-state index contributed by atoms with van der Waals surface area (Å²) in [6.07, 6.45) is 2.55. The van der Waals surface area contributed by atoms with Crippen molar-refractivity contribution in [3.63, 3.8) is 0 Å². The lowest BCUT2D eigenvalue weighted by Crippen LogP contribution is -2.07. The molecule has 0 aliphatic carbocycles. The Morgan fingerprint density at radius 3 is 2.53 bits per heavy atom. The zero-order valence-electron chi connectivity index (χ0n) is 17.7. The second-order valence-electron chi connectivity index (χ2n) is 7.09. The second-order valence-corrected chi connectivity index (χ2v) is 7.09. The highest BCUT2D eigenvalue weighted by atomic mass is 16.5. The Labute approximate surface area is 177 Å². The topological polar surface area (TPSA) is 73.6 Å². The predicted octanol–water partition coefficient (Wildman–Crippen LogP) is 3.79. The third-order valence-corrected chi connectivity index (χ3v) is 4.97. The molecule has 0 radical (unpaired) electrons. The summed E-state index contributed by atoms with van der Waals surface area (Å²) in [5.41, 5.74) is 5.54. The van der Waals surface area contributed by atoms with Gasteiger partial charge in [-0.05, 0) is 29.2 Å². The van der Waals surface area contributed by atoms with Crippen LogP contribution in [0.4, 0.5) is 0 Å². The monoisotopic (exact) mass is 408 g/mol. The van der Waals surface area contributed by atoms with Gasteiger partial charge in [0.05, 0.1) is 25.0 Å². The van der Waals surface area contributed by atoms with Crippen molar-refractivity contribution in [2.24, 2.45) is 7.05 Å². The van der Waals surface area contributed by atoms with E-state index in [0.717, 1.165) is 40.8 Å². The number of aliphatic hydroxyl groups excluding tert-OH is 1. The van der Waals surface area contributed by atoms with E-state index in [0.29, 0.717) is 17.9 Å². The van der Waals surface area contributed by atoms with Crippen LogP contribution in [0, 0.1) is 0 Å². The Bertz CT molecular complexity index is 993. The quantitative estimate of drug-likeness (QED) is 0.546. The minimum atomic E-state index is -0.347. The Morgan fingerprint density at radius 2 is 1.87 bits per heavy atom. The molecule has 0 saturated carbocycles. The Hall–Kier alpha value is -3.12. The number of nitrogens with zero attached hydrogens (tertiary/aromatic N) is 2. The van der Waals surface area contributed by atoms with Gasteiger partial charge >= 0.3 is 5.97 Å². The molecule has 0 amide bonds. The fourth-order valence-corrected chi connectivity index (χ4v) is 3.57. The lowest BCUT2D eigenvalue weighted by molar-refractivity contribution is 0.0601. The molecule has 1 heterocycles. The summed E-state index contributed by atoms with van der Waals surface area (Å²) < 4.78 is 12.4. The van der Waals surface area contributed by atoms with Crippen LogP contribution in [0.2, 0.25) is 0 Å². The number of carbonyl (C=O) groups excluding carboxylic acids is 1. The highest BCUT2D eigenvalue weighted by molar-refractivity contribution is 5.97. The molecule has 1 N–H and O–H groups in total. The number of ether oxygens (including phenoxy) is 2. The SMILES string of the molecule is CCCc1nn(C)c(OCCO)c1Cc1ccc(-c2ccccc2C(=O)OC)cc1. The number of aliphatic hydroxyl groups is 1. The number of hydrogen-bond acceptors (Lipinski definition) is 5. The molecular weight excluding hydrogens is 380 g/mol. The minimum Gasteiger partial charge on any atom is -0.475 e. The average Bonchev–Trinajstić information content (AvgIpc) is 3.06. The van der Waals surface area contributed by atoms with Crippen LogP contribution in [0.1, 0.15) is 40.5 Å². The van der Waals surface area contributed by atoms with Gasteiger partial charge in [0.1, 0.15) is 6.61 Å². The van der Waals surface area contributed by atoms with Gasteiger partial charge in [0.25, 0.3) is 0 Å². The van der Waals surface area contributed by atoms with Crippen LogP contribution in [0.15, 0.2) is 48.5 Å². The number of aryl methyl sites for hydroxylation is 2. The molecule has 0 fully saturated rings. The maximum atomic E-state index is 12.1. The summed E-state index contributed by atoms with van der Waals surface area (Å²) in [5, 5.41) is 13.8. The maximum absolute atomic E-state index is 12.1. The van der Waals surface area contributed by atoms with Crippen LogP contribution in [-0.4, -0.2) is 41.2 Å². The number of methoxy groups -OCH3 is 1. The number of benzene rings is 2. The predicted molar refractivity (Wildman–Crippen MR) is 116 cm³/mol. The highest BCUT2D eigenvalue weighted by Gasteiger charge is 2.18. The van der Waals surface area contributed by atoms with E-state index in [2.05, 4.69) is 24.2 Å². The molecule has 2 aromatic carbocycles. The Balaban J connectivity index is 1.89. The van der Waals surface area contributed by atoms with Crippen LogP contribution in [-0.2, 0) is 24.6 Å². The fraction of sp³-hybridized carbons (Fsp3) is 0.333. The molecule has 158 valence electrons. The number of carbonyl (C=O) groups is 1. The van der Waals surface area contributed by atoms with E-state index >= 15 is 0 Å². The van der Waals surface area contributed by atoms with Crippen molar-refractivity contribution < 1.29 is 19.4 Å². The van der Waals surface area contributed by atoms with E-state index in [-0.39, 0.29) is 19.2 Å². The lowest BCUT2D eigenvalue weighted by atomic mass is 9.96. The molecule has 6 heteroatoms. The van der Waals surface area contributed by atoms with Crippen molar-refractivity contribution in [3.8, 4) is 17.0 Å². The van der Waals surface area contributed by atoms with Gasteiger partial charge in [0, 0.05) is 19.0 Å². The molecule has 0 atom stereocenters. The summed E-state index contributed by atoms with van der Waals surface area (Å²) in [6, 6.07) is 15.6. The smallest absolute Gasteiger partial charge is 0.338 e. The summed E-state index contributed by atoms with van der Waals surface area (Å²) >= 11 is 0. The van der Waals surface area contributed by atoms with Crippen molar-refractivity contribution in [1.82, 2.24) is 9.78 Å². The van der Waals surface area contributed by atoms with E-state index in [1.54, 1.807) is 10.7 Å². The Morgan fingerprint density at radius 1 is 1.13 bits per heavy atom. The van der Waals surface area contributed by atoms with Crippen LogP contribution in [0.3, 0.4) is 0 Å². The average molecular weight is 408 g/mol. The molecule has 0 aliphatic heterocycles. The van der Waals surface area contributed by atoms with E-state index in [1.165, 1.54) is 7.11 Å². The fourth-order valence-electron chi connectivity index (χ4n) is 3.57. The first-order valence-corrected chi connectivity index (χ1v) is 10.1. The standard InChI is InChI=1S/C24H28N2O4/c1-4-7-22-21(23(26(2)25-22)30-15-14-27)16-17-10-12-18(13-11-17)19-8-5-6-9-20(19)24(28)29-3/h5-6,8-13,27H,4,7,14-16H2,1-3H3.